The summed E-state index contributed by atoms with van der Waals surface area (Å²) < 4.78 is 0. The van der Waals surface area contributed by atoms with Crippen LogP contribution in [0.15, 0.2) is 12.4 Å². The lowest BCUT2D eigenvalue weighted by atomic mass is 10.3. The molecule has 12 heavy (non-hydrogen) atoms. The van der Waals surface area contributed by atoms with Crippen molar-refractivity contribution in [3.8, 4) is 0 Å². The van der Waals surface area contributed by atoms with Gasteiger partial charge in [0.25, 0.3) is 0 Å². The van der Waals surface area contributed by atoms with E-state index in [0.717, 1.165) is 6.67 Å². The van der Waals surface area contributed by atoms with E-state index in [0.29, 0.717) is 0 Å². The number of unbranched alkanes of at least 4 members (excludes halogenated alkanes) is 1. The van der Waals surface area contributed by atoms with Crippen molar-refractivity contribution in [2.75, 3.05) is 20.3 Å². The number of rotatable bonds is 3. The van der Waals surface area contributed by atoms with E-state index in [4.69, 9.17) is 0 Å². The summed E-state index contributed by atoms with van der Waals surface area (Å²) in [7, 11) is 2.10. The molecule has 2 nitrogen and oxygen atoms in total. The Morgan fingerprint density at radius 2 is 2.00 bits per heavy atom. The van der Waals surface area contributed by atoms with Crippen LogP contribution in [0, 0.1) is 0 Å². The first-order valence-electron chi connectivity index (χ1n) is 3.95. The lowest BCUT2D eigenvalue weighted by Crippen LogP contribution is -2.23. The Balaban J connectivity index is 0. The highest BCUT2D eigenvalue weighted by Crippen LogP contribution is 2.04. The van der Waals surface area contributed by atoms with Crippen molar-refractivity contribution < 1.29 is 0 Å². The van der Waals surface area contributed by atoms with Gasteiger partial charge in [-0.25, -0.2) is 0 Å². The summed E-state index contributed by atoms with van der Waals surface area (Å²) in [6.45, 7) is 4.50. The van der Waals surface area contributed by atoms with Crippen molar-refractivity contribution in [2.24, 2.45) is 0 Å². The zero-order valence-electron chi connectivity index (χ0n) is 7.69. The van der Waals surface area contributed by atoms with Crippen molar-refractivity contribution in [3.05, 3.63) is 12.4 Å². The lowest BCUT2D eigenvalue weighted by Gasteiger charge is -2.17. The summed E-state index contributed by atoms with van der Waals surface area (Å²) in [6, 6.07) is 0. The minimum absolute atomic E-state index is 0. The van der Waals surface area contributed by atoms with Crippen LogP contribution >= 0.6 is 41.0 Å². The minimum atomic E-state index is 0. The second-order valence-corrected chi connectivity index (χ2v) is 2.86. The highest BCUT2D eigenvalue weighted by atomic mass is 127. The topological polar surface area (TPSA) is 6.48 Å². The molecule has 0 atom stereocenters. The van der Waals surface area contributed by atoms with Crippen LogP contribution in [0.4, 0.5) is 0 Å². The molecule has 0 amide bonds. The molecule has 1 aliphatic heterocycles. The summed E-state index contributed by atoms with van der Waals surface area (Å²) in [5.74, 6) is 0. The van der Waals surface area contributed by atoms with Crippen molar-refractivity contribution in [3.63, 3.8) is 0 Å². The molecule has 0 bridgehead atoms. The molecule has 1 aliphatic rings. The number of hydrogen-bond acceptors (Lipinski definition) is 2. The van der Waals surface area contributed by atoms with E-state index < -0.39 is 0 Å². The van der Waals surface area contributed by atoms with Crippen LogP contribution in [0.1, 0.15) is 19.8 Å². The van der Waals surface area contributed by atoms with Gasteiger partial charge in [-0.2, -0.15) is 0 Å². The van der Waals surface area contributed by atoms with Crippen molar-refractivity contribution in [1.29, 1.82) is 0 Å². The Morgan fingerprint density at radius 1 is 1.33 bits per heavy atom. The number of hydrogen-bond donors (Lipinski definition) is 0. The molecular formula is C8H18BrIN2. The highest BCUT2D eigenvalue weighted by Gasteiger charge is 2.05. The third-order valence-electron chi connectivity index (χ3n) is 1.74. The van der Waals surface area contributed by atoms with Gasteiger partial charge in [0.15, 0.2) is 0 Å². The smallest absolute Gasteiger partial charge is 0.0890 e. The molecule has 0 N–H and O–H groups in total. The van der Waals surface area contributed by atoms with Crippen molar-refractivity contribution in [2.45, 2.75) is 19.8 Å². The molecule has 1 heterocycles. The van der Waals surface area contributed by atoms with E-state index in [1.807, 2.05) is 0 Å². The van der Waals surface area contributed by atoms with Crippen LogP contribution in [-0.2, 0) is 0 Å². The van der Waals surface area contributed by atoms with Gasteiger partial charge in [0, 0.05) is 26.0 Å². The fraction of sp³-hybridized carbons (Fsp3) is 0.750. The highest BCUT2D eigenvalue weighted by molar-refractivity contribution is 14.0. The lowest BCUT2D eigenvalue weighted by molar-refractivity contribution is 0.293. The molecule has 1 rings (SSSR count). The Labute approximate surface area is 103 Å². The summed E-state index contributed by atoms with van der Waals surface area (Å²) in [5.41, 5.74) is 0. The summed E-state index contributed by atoms with van der Waals surface area (Å²) >= 11 is 0. The van der Waals surface area contributed by atoms with Crippen LogP contribution in [0.25, 0.3) is 0 Å². The zero-order valence-corrected chi connectivity index (χ0v) is 11.7. The average molecular weight is 349 g/mol. The Morgan fingerprint density at radius 3 is 2.42 bits per heavy atom. The van der Waals surface area contributed by atoms with E-state index in [-0.39, 0.29) is 41.0 Å². The van der Waals surface area contributed by atoms with E-state index in [1.54, 1.807) is 0 Å². The van der Waals surface area contributed by atoms with Gasteiger partial charge in [0.2, 0.25) is 0 Å². The summed E-state index contributed by atoms with van der Waals surface area (Å²) in [5, 5.41) is 0. The molecule has 0 radical (unpaired) electrons. The largest absolute Gasteiger partial charge is 0.362 e. The predicted molar refractivity (Wildman–Crippen MR) is 69.1 cm³/mol. The maximum atomic E-state index is 2.34. The predicted octanol–water partition coefficient (Wildman–Crippen LogP) is 2.66. The fourth-order valence-corrected chi connectivity index (χ4v) is 1.10. The summed E-state index contributed by atoms with van der Waals surface area (Å²) in [6.07, 6.45) is 6.87. The molecule has 0 aromatic heterocycles. The molecule has 0 aliphatic carbocycles. The summed E-state index contributed by atoms with van der Waals surface area (Å²) in [4.78, 5) is 4.53. The van der Waals surface area contributed by atoms with Gasteiger partial charge in [-0.05, 0) is 6.42 Å². The molecule has 0 aromatic rings. The van der Waals surface area contributed by atoms with Crippen LogP contribution < -0.4 is 0 Å². The van der Waals surface area contributed by atoms with E-state index >= 15 is 0 Å². The van der Waals surface area contributed by atoms with Crippen LogP contribution in [-0.4, -0.2) is 30.1 Å². The molecule has 74 valence electrons. The second-order valence-electron chi connectivity index (χ2n) is 2.86. The number of nitrogens with zero attached hydrogens (tertiary/aromatic N) is 2. The molecule has 0 saturated carbocycles. The van der Waals surface area contributed by atoms with Crippen LogP contribution in [0.3, 0.4) is 0 Å². The van der Waals surface area contributed by atoms with E-state index in [2.05, 4.69) is 36.2 Å². The second kappa shape index (κ2) is 8.16. The van der Waals surface area contributed by atoms with Crippen LogP contribution in [0.2, 0.25) is 0 Å². The fourth-order valence-electron chi connectivity index (χ4n) is 1.10. The first kappa shape index (κ1) is 15.0. The minimum Gasteiger partial charge on any atom is -0.362 e. The maximum absolute atomic E-state index is 2.34. The maximum Gasteiger partial charge on any atom is 0.0890 e. The normalized spacial score (nSPS) is 14.2. The van der Waals surface area contributed by atoms with E-state index in [1.165, 1.54) is 19.4 Å². The molecule has 0 aromatic carbocycles. The van der Waals surface area contributed by atoms with Crippen LogP contribution in [0.5, 0.6) is 0 Å². The Hall–Kier alpha value is 0.550. The molecule has 4 heteroatoms. The molecule has 0 unspecified atom stereocenters. The molecule has 0 fully saturated rings. The molecule has 0 spiro atoms. The standard InChI is InChI=1S/C8H16N2.BrH.HI/c1-3-4-5-10-7-6-9(2)8-10;;/h6-7H,3-5,8H2,1-2H3;2*1H. The first-order valence-corrected chi connectivity index (χ1v) is 3.95. The third kappa shape index (κ3) is 5.24. The van der Waals surface area contributed by atoms with Gasteiger partial charge in [0.1, 0.15) is 0 Å². The molecular weight excluding hydrogens is 331 g/mol. The average Bonchev–Trinajstić information content (AvgIpc) is 2.31. The van der Waals surface area contributed by atoms with Crippen molar-refractivity contribution in [1.82, 2.24) is 9.80 Å². The van der Waals surface area contributed by atoms with Gasteiger partial charge >= 0.3 is 0 Å². The Bertz CT molecular complexity index is 130. The quantitative estimate of drug-likeness (QED) is 0.723. The van der Waals surface area contributed by atoms with Gasteiger partial charge < -0.3 is 9.80 Å². The first-order chi connectivity index (χ1) is 4.83. The monoisotopic (exact) mass is 348 g/mol. The van der Waals surface area contributed by atoms with Gasteiger partial charge in [0.05, 0.1) is 6.67 Å². The van der Waals surface area contributed by atoms with Gasteiger partial charge in [-0.3, -0.25) is 0 Å². The SMILES string of the molecule is Br.CCCCN1C=CN(C)C1.I. The zero-order chi connectivity index (χ0) is 7.40. The van der Waals surface area contributed by atoms with Gasteiger partial charge in [-0.1, -0.05) is 13.3 Å². The molecule has 0 saturated heterocycles. The number of halogens is 2. The third-order valence-corrected chi connectivity index (χ3v) is 1.74. The van der Waals surface area contributed by atoms with Gasteiger partial charge in [-0.15, -0.1) is 41.0 Å². The van der Waals surface area contributed by atoms with Crippen molar-refractivity contribution >= 4 is 41.0 Å². The Kier molecular flexibility index (Phi) is 10.2. The van der Waals surface area contributed by atoms with E-state index in [9.17, 15) is 0 Å².